The summed E-state index contributed by atoms with van der Waals surface area (Å²) in [5.74, 6) is 1.13. The first-order valence-corrected chi connectivity index (χ1v) is 5.96. The van der Waals surface area contributed by atoms with Crippen molar-refractivity contribution in [1.82, 2.24) is 19.7 Å². The molecule has 2 aromatic rings. The fraction of sp³-hybridized carbons (Fsp3) is 0.556. The van der Waals surface area contributed by atoms with Crippen molar-refractivity contribution in [2.45, 2.75) is 26.2 Å². The average Bonchev–Trinajstić information content (AvgIpc) is 2.87. The van der Waals surface area contributed by atoms with Gasteiger partial charge in [-0.1, -0.05) is 23.0 Å². The quantitative estimate of drug-likeness (QED) is 0.838. The lowest BCUT2D eigenvalue weighted by Gasteiger charge is -1.92. The van der Waals surface area contributed by atoms with Crippen LogP contribution in [-0.4, -0.2) is 26.3 Å². The number of aryl methyl sites for hydroxylation is 1. The van der Waals surface area contributed by atoms with Crippen molar-refractivity contribution in [3.05, 3.63) is 11.5 Å². The van der Waals surface area contributed by atoms with Crippen molar-refractivity contribution >= 4 is 11.5 Å². The van der Waals surface area contributed by atoms with E-state index in [9.17, 15) is 0 Å². The Morgan fingerprint density at radius 3 is 3.00 bits per heavy atom. The van der Waals surface area contributed by atoms with Gasteiger partial charge >= 0.3 is 0 Å². The molecule has 0 radical (unpaired) electrons. The predicted octanol–water partition coefficient (Wildman–Crippen LogP) is 1.04. The van der Waals surface area contributed by atoms with Gasteiger partial charge in [-0.15, -0.1) is 5.10 Å². The second kappa shape index (κ2) is 5.13. The summed E-state index contributed by atoms with van der Waals surface area (Å²) < 4.78 is 9.07. The molecule has 86 valence electrons. The summed E-state index contributed by atoms with van der Waals surface area (Å²) in [5.41, 5.74) is 6.35. The number of nitrogens with zero attached hydrogens (tertiary/aromatic N) is 4. The average molecular weight is 239 g/mol. The molecule has 0 aliphatic rings. The summed E-state index contributed by atoms with van der Waals surface area (Å²) in [6.45, 7) is 2.61. The van der Waals surface area contributed by atoms with Gasteiger partial charge in [-0.2, -0.15) is 4.98 Å². The Morgan fingerprint density at radius 1 is 1.38 bits per heavy atom. The van der Waals surface area contributed by atoms with E-state index in [4.69, 9.17) is 10.3 Å². The summed E-state index contributed by atoms with van der Waals surface area (Å²) in [4.78, 5) is 5.13. The minimum atomic E-state index is 0.502. The lowest BCUT2D eigenvalue weighted by atomic mass is 10.2. The Hall–Kier alpha value is -1.34. The van der Waals surface area contributed by atoms with Crippen molar-refractivity contribution in [1.29, 1.82) is 0 Å². The first-order valence-electron chi connectivity index (χ1n) is 5.19. The molecule has 0 spiro atoms. The minimum Gasteiger partial charge on any atom is -0.333 e. The molecule has 0 aromatic carbocycles. The second-order valence-corrected chi connectivity index (χ2v) is 4.11. The van der Waals surface area contributed by atoms with Crippen molar-refractivity contribution < 1.29 is 4.52 Å². The van der Waals surface area contributed by atoms with Crippen LogP contribution >= 0.6 is 11.5 Å². The third-order valence-corrected chi connectivity index (χ3v) is 2.83. The number of aromatic nitrogens is 4. The Balaban J connectivity index is 2.24. The van der Waals surface area contributed by atoms with Gasteiger partial charge < -0.3 is 10.3 Å². The maximum absolute atomic E-state index is 5.42. The summed E-state index contributed by atoms with van der Waals surface area (Å²) in [6, 6.07) is 0. The number of hydrogen-bond donors (Lipinski definition) is 1. The van der Waals surface area contributed by atoms with Crippen LogP contribution in [0.25, 0.3) is 10.8 Å². The Bertz CT molecular complexity index is 452. The normalized spacial score (nSPS) is 10.9. The van der Waals surface area contributed by atoms with Crippen LogP contribution in [0.4, 0.5) is 0 Å². The second-order valence-electron chi connectivity index (χ2n) is 3.35. The lowest BCUT2D eigenvalue weighted by Crippen LogP contribution is -2.03. The summed E-state index contributed by atoms with van der Waals surface area (Å²) >= 11 is 1.29. The Kier molecular flexibility index (Phi) is 3.58. The van der Waals surface area contributed by atoms with E-state index in [0.717, 1.165) is 23.4 Å². The van der Waals surface area contributed by atoms with Gasteiger partial charge in [0.1, 0.15) is 4.88 Å². The summed E-state index contributed by atoms with van der Waals surface area (Å²) in [7, 11) is 0. The summed E-state index contributed by atoms with van der Waals surface area (Å²) in [6.07, 6.45) is 2.52. The molecule has 0 aliphatic heterocycles. The number of hydrogen-bond acceptors (Lipinski definition) is 7. The first kappa shape index (κ1) is 11.2. The molecule has 0 amide bonds. The van der Waals surface area contributed by atoms with Gasteiger partial charge in [0.25, 0.3) is 5.89 Å². The molecule has 0 bridgehead atoms. The van der Waals surface area contributed by atoms with Crippen LogP contribution in [0, 0.1) is 0 Å². The molecule has 0 fully saturated rings. The molecule has 0 saturated carbocycles. The molecule has 16 heavy (non-hydrogen) atoms. The Labute approximate surface area is 97.0 Å². The van der Waals surface area contributed by atoms with E-state index < -0.39 is 0 Å². The molecule has 6 nitrogen and oxygen atoms in total. The zero-order valence-electron chi connectivity index (χ0n) is 9.01. The lowest BCUT2D eigenvalue weighted by molar-refractivity contribution is 0.423. The van der Waals surface area contributed by atoms with Crippen molar-refractivity contribution in [2.24, 2.45) is 5.73 Å². The molecule has 0 aliphatic carbocycles. The third kappa shape index (κ3) is 2.25. The van der Waals surface area contributed by atoms with Gasteiger partial charge in [0.2, 0.25) is 0 Å². The first-order chi connectivity index (χ1) is 7.85. The Morgan fingerprint density at radius 2 is 2.25 bits per heavy atom. The van der Waals surface area contributed by atoms with Crippen LogP contribution in [0.3, 0.4) is 0 Å². The van der Waals surface area contributed by atoms with E-state index in [1.54, 1.807) is 0 Å². The monoisotopic (exact) mass is 239 g/mol. The highest BCUT2D eigenvalue weighted by atomic mass is 32.1. The van der Waals surface area contributed by atoms with Crippen LogP contribution in [0.2, 0.25) is 0 Å². The fourth-order valence-corrected chi connectivity index (χ4v) is 1.98. The fourth-order valence-electron chi connectivity index (χ4n) is 1.35. The SMILES string of the molecule is CCCc1nnsc1-c1nc(CCN)no1. The highest BCUT2D eigenvalue weighted by Gasteiger charge is 2.16. The third-order valence-electron chi connectivity index (χ3n) is 2.07. The zero-order valence-corrected chi connectivity index (χ0v) is 9.83. The van der Waals surface area contributed by atoms with Crippen LogP contribution in [0.5, 0.6) is 0 Å². The van der Waals surface area contributed by atoms with Crippen LogP contribution in [0.1, 0.15) is 24.9 Å². The van der Waals surface area contributed by atoms with E-state index in [1.807, 2.05) is 0 Å². The predicted molar refractivity (Wildman–Crippen MR) is 60.0 cm³/mol. The highest BCUT2D eigenvalue weighted by Crippen LogP contribution is 2.25. The molecular weight excluding hydrogens is 226 g/mol. The number of nitrogens with two attached hydrogens (primary N) is 1. The van der Waals surface area contributed by atoms with E-state index >= 15 is 0 Å². The van der Waals surface area contributed by atoms with Gasteiger partial charge in [-0.05, 0) is 24.5 Å². The maximum atomic E-state index is 5.42. The molecule has 2 rings (SSSR count). The van der Waals surface area contributed by atoms with Crippen LogP contribution in [-0.2, 0) is 12.8 Å². The van der Waals surface area contributed by atoms with Gasteiger partial charge in [-0.25, -0.2) is 0 Å². The van der Waals surface area contributed by atoms with Gasteiger partial charge in [-0.3, -0.25) is 0 Å². The summed E-state index contributed by atoms with van der Waals surface area (Å²) in [5, 5.41) is 7.90. The molecule has 0 atom stereocenters. The molecule has 0 saturated heterocycles. The molecular formula is C9H13N5OS. The number of rotatable bonds is 5. The molecule has 2 N–H and O–H groups in total. The topological polar surface area (TPSA) is 90.7 Å². The van der Waals surface area contributed by atoms with Crippen molar-refractivity contribution in [3.63, 3.8) is 0 Å². The van der Waals surface area contributed by atoms with Gasteiger partial charge in [0.15, 0.2) is 5.82 Å². The molecule has 7 heteroatoms. The highest BCUT2D eigenvalue weighted by molar-refractivity contribution is 7.09. The van der Waals surface area contributed by atoms with Gasteiger partial charge in [0.05, 0.1) is 5.69 Å². The van der Waals surface area contributed by atoms with Crippen LogP contribution in [0.15, 0.2) is 4.52 Å². The van der Waals surface area contributed by atoms with Crippen LogP contribution < -0.4 is 5.73 Å². The van der Waals surface area contributed by atoms with E-state index in [1.165, 1.54) is 11.5 Å². The van der Waals surface area contributed by atoms with Crippen molar-refractivity contribution in [2.75, 3.05) is 6.54 Å². The molecule has 0 unspecified atom stereocenters. The van der Waals surface area contributed by atoms with E-state index in [2.05, 4.69) is 26.7 Å². The van der Waals surface area contributed by atoms with Crippen molar-refractivity contribution in [3.8, 4) is 10.8 Å². The molecule has 2 aromatic heterocycles. The largest absolute Gasteiger partial charge is 0.333 e. The zero-order chi connectivity index (χ0) is 11.4. The smallest absolute Gasteiger partial charge is 0.271 e. The van der Waals surface area contributed by atoms with E-state index in [-0.39, 0.29) is 0 Å². The maximum Gasteiger partial charge on any atom is 0.271 e. The van der Waals surface area contributed by atoms with Gasteiger partial charge in [0, 0.05) is 6.42 Å². The standard InChI is InChI=1S/C9H13N5OS/c1-2-3-6-8(16-14-12-6)9-11-7(4-5-10)13-15-9/h2-5,10H2,1H3. The van der Waals surface area contributed by atoms with E-state index in [0.29, 0.717) is 24.7 Å². The minimum absolute atomic E-state index is 0.502. The molecule has 2 heterocycles.